The van der Waals surface area contributed by atoms with Crippen molar-refractivity contribution in [1.29, 1.82) is 0 Å². The highest BCUT2D eigenvalue weighted by molar-refractivity contribution is 5.85. The number of nitrogens with one attached hydrogen (secondary N) is 1. The summed E-state index contributed by atoms with van der Waals surface area (Å²) in [6, 6.07) is 14.8. The van der Waals surface area contributed by atoms with Crippen LogP contribution in [0.15, 0.2) is 42.5 Å². The molecule has 0 bridgehead atoms. The largest absolute Gasteiger partial charge is 0.496 e. The molecule has 3 rings (SSSR count). The van der Waals surface area contributed by atoms with E-state index in [1.54, 1.807) is 21.3 Å². The maximum absolute atomic E-state index is 5.54. The number of halogens is 1. The fraction of sp³-hybridized carbons (Fsp3) is 0.455. The number of rotatable bonds is 8. The van der Waals surface area contributed by atoms with E-state index in [0.717, 1.165) is 30.2 Å². The van der Waals surface area contributed by atoms with Gasteiger partial charge in [0.1, 0.15) is 5.75 Å². The van der Waals surface area contributed by atoms with Gasteiger partial charge in [-0.2, -0.15) is 0 Å². The number of ether oxygens (including phenoxy) is 3. The smallest absolute Gasteiger partial charge is 0.164 e. The Bertz CT molecular complexity index is 715. The highest BCUT2D eigenvalue weighted by atomic mass is 35.5. The Hall–Kier alpha value is -1.91. The van der Waals surface area contributed by atoms with Crippen molar-refractivity contribution >= 4 is 12.4 Å². The topological polar surface area (TPSA) is 39.7 Å². The minimum Gasteiger partial charge on any atom is -0.496 e. The second-order valence-electron chi connectivity index (χ2n) is 6.98. The molecule has 0 aliphatic heterocycles. The average Bonchev–Trinajstić information content (AvgIpc) is 3.18. The molecule has 0 amide bonds. The third kappa shape index (κ3) is 4.69. The molecule has 1 fully saturated rings. The van der Waals surface area contributed by atoms with Gasteiger partial charge in [-0.1, -0.05) is 43.2 Å². The SMILES string of the molecule is COc1cc(OC)c(OC)cc1CNCC1(c2ccccc2)CCCC1.Cl. The van der Waals surface area contributed by atoms with Crippen LogP contribution in [-0.2, 0) is 12.0 Å². The molecule has 0 heterocycles. The normalized spacial score (nSPS) is 15.1. The van der Waals surface area contributed by atoms with Crippen LogP contribution >= 0.6 is 12.4 Å². The van der Waals surface area contributed by atoms with Gasteiger partial charge in [-0.05, 0) is 24.5 Å². The lowest BCUT2D eigenvalue weighted by atomic mass is 9.79. The van der Waals surface area contributed by atoms with Gasteiger partial charge in [0.15, 0.2) is 11.5 Å². The first kappa shape index (κ1) is 21.4. The van der Waals surface area contributed by atoms with Gasteiger partial charge in [-0.3, -0.25) is 0 Å². The Kier molecular flexibility index (Phi) is 7.81. The average molecular weight is 392 g/mol. The van der Waals surface area contributed by atoms with Crippen molar-refractivity contribution < 1.29 is 14.2 Å². The van der Waals surface area contributed by atoms with Crippen molar-refractivity contribution in [2.45, 2.75) is 37.6 Å². The first-order valence-corrected chi connectivity index (χ1v) is 9.27. The highest BCUT2D eigenvalue weighted by Gasteiger charge is 2.35. The molecule has 2 aromatic rings. The molecular formula is C22H30ClNO3. The van der Waals surface area contributed by atoms with Crippen molar-refractivity contribution in [1.82, 2.24) is 5.32 Å². The zero-order valence-electron chi connectivity index (χ0n) is 16.4. The third-order valence-electron chi connectivity index (χ3n) is 5.51. The molecule has 0 radical (unpaired) electrons. The van der Waals surface area contributed by atoms with Gasteiger partial charge in [0, 0.05) is 30.1 Å². The summed E-state index contributed by atoms with van der Waals surface area (Å²) < 4.78 is 16.3. The molecule has 1 N–H and O–H groups in total. The molecule has 2 aromatic carbocycles. The molecule has 4 nitrogen and oxygen atoms in total. The summed E-state index contributed by atoms with van der Waals surface area (Å²) in [6.45, 7) is 1.70. The van der Waals surface area contributed by atoms with E-state index in [9.17, 15) is 0 Å². The predicted octanol–water partition coefficient (Wildman–Crippen LogP) is 4.74. The fourth-order valence-corrected chi connectivity index (χ4v) is 4.08. The van der Waals surface area contributed by atoms with Gasteiger partial charge in [0.2, 0.25) is 0 Å². The van der Waals surface area contributed by atoms with Crippen LogP contribution in [0.2, 0.25) is 0 Å². The summed E-state index contributed by atoms with van der Waals surface area (Å²) in [4.78, 5) is 0. The standard InChI is InChI=1S/C22H29NO3.ClH/c1-24-19-14-21(26-3)20(25-2)13-17(19)15-23-16-22(11-7-8-12-22)18-9-5-4-6-10-18;/h4-6,9-10,13-14,23H,7-8,11-12,15-16H2,1-3H3;1H. The van der Waals surface area contributed by atoms with Crippen molar-refractivity contribution in [2.24, 2.45) is 0 Å². The number of benzene rings is 2. The molecule has 1 saturated carbocycles. The van der Waals surface area contributed by atoms with E-state index in [1.807, 2.05) is 12.1 Å². The zero-order valence-corrected chi connectivity index (χ0v) is 17.2. The number of hydrogen-bond acceptors (Lipinski definition) is 4. The van der Waals surface area contributed by atoms with E-state index >= 15 is 0 Å². The lowest BCUT2D eigenvalue weighted by Crippen LogP contribution is -2.35. The van der Waals surface area contributed by atoms with Gasteiger partial charge in [-0.25, -0.2) is 0 Å². The monoisotopic (exact) mass is 391 g/mol. The lowest BCUT2D eigenvalue weighted by molar-refractivity contribution is 0.346. The van der Waals surface area contributed by atoms with Crippen LogP contribution in [0.4, 0.5) is 0 Å². The molecule has 1 aliphatic carbocycles. The van der Waals surface area contributed by atoms with Gasteiger partial charge in [-0.15, -0.1) is 12.4 Å². The molecule has 0 atom stereocenters. The molecule has 27 heavy (non-hydrogen) atoms. The summed E-state index contributed by atoms with van der Waals surface area (Å²) in [7, 11) is 4.98. The maximum Gasteiger partial charge on any atom is 0.164 e. The van der Waals surface area contributed by atoms with E-state index in [0.29, 0.717) is 5.75 Å². The van der Waals surface area contributed by atoms with Crippen LogP contribution in [0.5, 0.6) is 17.2 Å². The molecular weight excluding hydrogens is 362 g/mol. The van der Waals surface area contributed by atoms with Crippen molar-refractivity contribution in [3.05, 3.63) is 53.6 Å². The first-order chi connectivity index (χ1) is 12.7. The number of hydrogen-bond donors (Lipinski definition) is 1. The van der Waals surface area contributed by atoms with E-state index in [1.165, 1.54) is 31.2 Å². The van der Waals surface area contributed by atoms with Gasteiger partial charge >= 0.3 is 0 Å². The van der Waals surface area contributed by atoms with Crippen LogP contribution in [-0.4, -0.2) is 27.9 Å². The molecule has 0 aromatic heterocycles. The first-order valence-electron chi connectivity index (χ1n) is 9.27. The maximum atomic E-state index is 5.54. The lowest BCUT2D eigenvalue weighted by Gasteiger charge is -2.30. The number of methoxy groups -OCH3 is 3. The minimum absolute atomic E-state index is 0. The second-order valence-corrected chi connectivity index (χ2v) is 6.98. The van der Waals surface area contributed by atoms with Gasteiger partial charge in [0.05, 0.1) is 21.3 Å². The van der Waals surface area contributed by atoms with Crippen molar-refractivity contribution in [3.63, 3.8) is 0 Å². The molecule has 5 heteroatoms. The van der Waals surface area contributed by atoms with Crippen LogP contribution in [0, 0.1) is 0 Å². The van der Waals surface area contributed by atoms with Crippen LogP contribution in [0.3, 0.4) is 0 Å². The van der Waals surface area contributed by atoms with Crippen molar-refractivity contribution in [3.8, 4) is 17.2 Å². The van der Waals surface area contributed by atoms with Gasteiger partial charge in [0.25, 0.3) is 0 Å². The molecule has 0 unspecified atom stereocenters. The summed E-state index contributed by atoms with van der Waals surface area (Å²) in [5.41, 5.74) is 2.76. The molecule has 0 saturated heterocycles. The Morgan fingerprint density at radius 3 is 2.04 bits per heavy atom. The molecule has 1 aliphatic rings. The van der Waals surface area contributed by atoms with E-state index < -0.39 is 0 Å². The van der Waals surface area contributed by atoms with E-state index in [2.05, 4.69) is 35.6 Å². The predicted molar refractivity (Wildman–Crippen MR) is 112 cm³/mol. The Morgan fingerprint density at radius 2 is 1.44 bits per heavy atom. The quantitative estimate of drug-likeness (QED) is 0.705. The Morgan fingerprint density at radius 1 is 0.852 bits per heavy atom. The molecule has 148 valence electrons. The van der Waals surface area contributed by atoms with Crippen LogP contribution in [0.1, 0.15) is 36.8 Å². The highest BCUT2D eigenvalue weighted by Crippen LogP contribution is 2.41. The van der Waals surface area contributed by atoms with Crippen LogP contribution < -0.4 is 19.5 Å². The fourth-order valence-electron chi connectivity index (χ4n) is 4.08. The van der Waals surface area contributed by atoms with E-state index in [-0.39, 0.29) is 17.8 Å². The van der Waals surface area contributed by atoms with E-state index in [4.69, 9.17) is 14.2 Å². The summed E-state index contributed by atoms with van der Waals surface area (Å²) in [5.74, 6) is 2.23. The summed E-state index contributed by atoms with van der Waals surface area (Å²) >= 11 is 0. The Labute approximate surface area is 168 Å². The second kappa shape index (κ2) is 9.86. The third-order valence-corrected chi connectivity index (χ3v) is 5.51. The summed E-state index contributed by atoms with van der Waals surface area (Å²) in [5, 5.41) is 3.67. The Balaban J connectivity index is 0.00000261. The zero-order chi connectivity index (χ0) is 18.4. The molecule has 0 spiro atoms. The van der Waals surface area contributed by atoms with Crippen molar-refractivity contribution in [2.75, 3.05) is 27.9 Å². The summed E-state index contributed by atoms with van der Waals surface area (Å²) in [6.07, 6.45) is 5.09. The van der Waals surface area contributed by atoms with Gasteiger partial charge < -0.3 is 19.5 Å². The van der Waals surface area contributed by atoms with Crippen LogP contribution in [0.25, 0.3) is 0 Å². The minimum atomic E-state index is 0.